The average molecular weight is 130 g/mol. The Hall–Kier alpha value is -0.150. The van der Waals surface area contributed by atoms with Crippen LogP contribution in [0.25, 0.3) is 0 Å². The first-order valence-corrected chi connectivity index (χ1v) is 3.42. The molecule has 3 aliphatic heterocycles. The van der Waals surface area contributed by atoms with Crippen molar-refractivity contribution in [3.05, 3.63) is 6.54 Å². The fourth-order valence-corrected chi connectivity index (χ4v) is 1.47. The molecule has 50 valence electrons. The molecule has 0 aliphatic carbocycles. The standard InChI is InChI=1S/C6H11FN2/c7-9-4-1-8(2-5-9)3-6-9/h4H,1-3,5-6H2/q+2. The van der Waals surface area contributed by atoms with Gasteiger partial charge >= 0.3 is 0 Å². The third kappa shape index (κ3) is 0.843. The Morgan fingerprint density at radius 1 is 1.33 bits per heavy atom. The van der Waals surface area contributed by atoms with Crippen LogP contribution >= 0.6 is 0 Å². The molecule has 2 radical (unpaired) electrons. The molecule has 2 nitrogen and oxygen atoms in total. The average Bonchev–Trinajstić information content (AvgIpc) is 1.90. The smallest absolute Gasteiger partial charge is 0.153 e. The molecule has 0 amide bonds. The number of hydrogen-bond donors (Lipinski definition) is 0. The van der Waals surface area contributed by atoms with Gasteiger partial charge in [0.1, 0.15) is 0 Å². The van der Waals surface area contributed by atoms with E-state index in [9.17, 15) is 4.48 Å². The third-order valence-corrected chi connectivity index (χ3v) is 2.24. The number of quaternary nitrogens is 1. The van der Waals surface area contributed by atoms with Crippen LogP contribution in [0, 0.1) is 6.54 Å². The highest BCUT2D eigenvalue weighted by molar-refractivity contribution is 4.79. The van der Waals surface area contributed by atoms with Gasteiger partial charge in [0.25, 0.3) is 0 Å². The summed E-state index contributed by atoms with van der Waals surface area (Å²) in [6.45, 7) is 5.81. The topological polar surface area (TPSA) is 5.90 Å². The molecule has 0 aromatic rings. The maximum absolute atomic E-state index is 13.2. The molecule has 3 heteroatoms. The Labute approximate surface area is 54.4 Å². The van der Waals surface area contributed by atoms with Crippen LogP contribution in [0.2, 0.25) is 0 Å². The molecule has 3 rings (SSSR count). The Morgan fingerprint density at radius 2 is 2.00 bits per heavy atom. The van der Waals surface area contributed by atoms with Crippen molar-refractivity contribution in [3.8, 4) is 0 Å². The summed E-state index contributed by atoms with van der Waals surface area (Å²) in [5, 5.41) is 0. The quantitative estimate of drug-likeness (QED) is 0.322. The lowest BCUT2D eigenvalue weighted by molar-refractivity contribution is -1.04. The lowest BCUT2D eigenvalue weighted by Gasteiger charge is -2.34. The van der Waals surface area contributed by atoms with E-state index in [0.717, 1.165) is 19.6 Å². The van der Waals surface area contributed by atoms with E-state index in [1.165, 1.54) is 0 Å². The molecule has 3 aliphatic rings. The summed E-state index contributed by atoms with van der Waals surface area (Å²) in [5.74, 6) is 0. The molecule has 2 bridgehead atoms. The number of halogens is 1. The van der Waals surface area contributed by atoms with Crippen LogP contribution in [0.15, 0.2) is 0 Å². The molecule has 3 heterocycles. The maximum atomic E-state index is 13.2. The minimum Gasteiger partial charge on any atom is -0.153 e. The van der Waals surface area contributed by atoms with E-state index in [1.807, 2.05) is 0 Å². The van der Waals surface area contributed by atoms with Gasteiger partial charge in [0, 0.05) is 0 Å². The molecule has 3 fully saturated rings. The Morgan fingerprint density at radius 3 is 2.22 bits per heavy atom. The van der Waals surface area contributed by atoms with Gasteiger partial charge in [0.15, 0.2) is 32.7 Å². The molecule has 0 saturated carbocycles. The Kier molecular flexibility index (Phi) is 1.04. The molecule has 3 saturated heterocycles. The lowest BCUT2D eigenvalue weighted by Crippen LogP contribution is -2.62. The largest absolute Gasteiger partial charge is 0.240 e. The number of hydrogen-bond acceptors (Lipinski definition) is 1. The SMILES string of the molecule is F[N+]12[CH]C[N+](CC1)CC2. The van der Waals surface area contributed by atoms with Crippen LogP contribution < -0.4 is 4.90 Å². The van der Waals surface area contributed by atoms with Crippen molar-refractivity contribution < 1.29 is 9.19 Å². The zero-order valence-corrected chi connectivity index (χ0v) is 5.39. The van der Waals surface area contributed by atoms with Crippen LogP contribution in [0.4, 0.5) is 4.48 Å². The van der Waals surface area contributed by atoms with E-state index in [1.54, 1.807) is 6.54 Å². The fourth-order valence-electron chi connectivity index (χ4n) is 1.47. The Balaban J connectivity index is 2.11. The summed E-state index contributed by atoms with van der Waals surface area (Å²) in [6.07, 6.45) is 0. The molecule has 0 spiro atoms. The lowest BCUT2D eigenvalue weighted by atomic mass is 10.2. The summed E-state index contributed by atoms with van der Waals surface area (Å²) >= 11 is 0. The van der Waals surface area contributed by atoms with Crippen molar-refractivity contribution in [3.63, 3.8) is 0 Å². The summed E-state index contributed by atoms with van der Waals surface area (Å²) in [5.41, 5.74) is 0. The summed E-state index contributed by atoms with van der Waals surface area (Å²) in [6, 6.07) is 0. The van der Waals surface area contributed by atoms with Gasteiger partial charge in [-0.1, -0.05) is 0 Å². The van der Waals surface area contributed by atoms with Crippen molar-refractivity contribution in [2.45, 2.75) is 0 Å². The van der Waals surface area contributed by atoms with Gasteiger partial charge in [-0.15, -0.1) is 4.71 Å². The monoisotopic (exact) mass is 130 g/mol. The van der Waals surface area contributed by atoms with Crippen LogP contribution in [-0.4, -0.2) is 37.4 Å². The molecule has 9 heavy (non-hydrogen) atoms. The zero-order chi connectivity index (χ0) is 6.32. The predicted octanol–water partition coefficient (Wildman–Crippen LogP) is 0.0168. The molecule has 0 aromatic heterocycles. The first kappa shape index (κ1) is 5.62. The van der Waals surface area contributed by atoms with Crippen molar-refractivity contribution in [2.75, 3.05) is 32.7 Å². The highest BCUT2D eigenvalue weighted by atomic mass is 19.2. The van der Waals surface area contributed by atoms with E-state index >= 15 is 0 Å². The van der Waals surface area contributed by atoms with E-state index in [2.05, 4.69) is 4.90 Å². The van der Waals surface area contributed by atoms with Crippen molar-refractivity contribution in [1.82, 2.24) is 4.90 Å². The molecular formula is C6H11FN2+2. The third-order valence-electron chi connectivity index (χ3n) is 2.24. The van der Waals surface area contributed by atoms with Crippen LogP contribution in [-0.2, 0) is 0 Å². The summed E-state index contributed by atoms with van der Waals surface area (Å²) < 4.78 is 12.9. The van der Waals surface area contributed by atoms with Crippen molar-refractivity contribution in [1.29, 1.82) is 0 Å². The maximum Gasteiger partial charge on any atom is 0.240 e. The second-order valence-electron chi connectivity index (χ2n) is 2.86. The second-order valence-corrected chi connectivity index (χ2v) is 2.86. The van der Waals surface area contributed by atoms with Gasteiger partial charge in [-0.25, -0.2) is 0 Å². The summed E-state index contributed by atoms with van der Waals surface area (Å²) in [7, 11) is 0. The predicted molar refractivity (Wildman–Crippen MR) is 32.1 cm³/mol. The first-order valence-electron chi connectivity index (χ1n) is 3.42. The molecule has 0 N–H and O–H groups in total. The molecular weight excluding hydrogens is 119 g/mol. The van der Waals surface area contributed by atoms with E-state index in [4.69, 9.17) is 0 Å². The molecule has 0 unspecified atom stereocenters. The van der Waals surface area contributed by atoms with Gasteiger partial charge in [0.2, 0.25) is 6.54 Å². The van der Waals surface area contributed by atoms with Crippen LogP contribution in [0.5, 0.6) is 0 Å². The van der Waals surface area contributed by atoms with E-state index < -0.39 is 0 Å². The molecule has 0 atom stereocenters. The van der Waals surface area contributed by atoms with Crippen molar-refractivity contribution >= 4 is 0 Å². The molecule has 0 aromatic carbocycles. The minimum absolute atomic E-state index is 0.281. The van der Waals surface area contributed by atoms with Gasteiger partial charge in [0.05, 0.1) is 0 Å². The number of rotatable bonds is 0. The number of piperazine rings is 3. The zero-order valence-electron chi connectivity index (χ0n) is 5.39. The first-order chi connectivity index (χ1) is 4.29. The number of fused-ring (bicyclic) bond motifs is 3. The van der Waals surface area contributed by atoms with Gasteiger partial charge in [-0.2, -0.15) is 4.90 Å². The minimum atomic E-state index is -0.281. The van der Waals surface area contributed by atoms with E-state index in [0.29, 0.717) is 13.1 Å². The van der Waals surface area contributed by atoms with E-state index in [-0.39, 0.29) is 4.71 Å². The van der Waals surface area contributed by atoms with Gasteiger partial charge < -0.3 is 0 Å². The highest BCUT2D eigenvalue weighted by Crippen LogP contribution is 2.20. The second kappa shape index (κ2) is 1.67. The normalized spacial score (nSPS) is 49.7. The fraction of sp³-hybridized carbons (Fsp3) is 0.833. The number of nitrogens with zero attached hydrogens (tertiary/aromatic N) is 2. The van der Waals surface area contributed by atoms with Crippen molar-refractivity contribution in [2.24, 2.45) is 0 Å². The van der Waals surface area contributed by atoms with Gasteiger partial charge in [-0.05, 0) is 4.48 Å². The van der Waals surface area contributed by atoms with Crippen LogP contribution in [0.3, 0.4) is 0 Å². The Bertz CT molecular complexity index is 104. The summed E-state index contributed by atoms with van der Waals surface area (Å²) in [4.78, 5) is 2.28. The highest BCUT2D eigenvalue weighted by Gasteiger charge is 2.47. The van der Waals surface area contributed by atoms with Crippen LogP contribution in [0.1, 0.15) is 0 Å². The van der Waals surface area contributed by atoms with Gasteiger partial charge in [-0.3, -0.25) is 0 Å².